The quantitative estimate of drug-likeness (QED) is 0.673. The molecule has 8 heteroatoms. The molecule has 1 aromatic rings. The van der Waals surface area contributed by atoms with Crippen LogP contribution in [0, 0.1) is 0 Å². The summed E-state index contributed by atoms with van der Waals surface area (Å²) < 4.78 is 33.7. The van der Waals surface area contributed by atoms with Gasteiger partial charge in [-0.25, -0.2) is 13.2 Å². The number of carbonyl (C=O) groups excluding carboxylic acids is 2. The van der Waals surface area contributed by atoms with E-state index in [1.807, 2.05) is 0 Å². The van der Waals surface area contributed by atoms with Crippen LogP contribution in [-0.4, -0.2) is 62.5 Å². The van der Waals surface area contributed by atoms with Crippen LogP contribution in [0.1, 0.15) is 30.6 Å². The Balaban J connectivity index is 1.98. The van der Waals surface area contributed by atoms with Crippen molar-refractivity contribution in [3.05, 3.63) is 29.8 Å². The van der Waals surface area contributed by atoms with Crippen molar-refractivity contribution in [3.63, 3.8) is 0 Å². The van der Waals surface area contributed by atoms with E-state index < -0.39 is 28.3 Å². The monoisotopic (exact) mass is 369 g/mol. The lowest BCUT2D eigenvalue weighted by atomic mass is 10.2. The molecule has 0 saturated carbocycles. The zero-order valence-electron chi connectivity index (χ0n) is 14.4. The van der Waals surface area contributed by atoms with Gasteiger partial charge in [0, 0.05) is 12.6 Å². The van der Waals surface area contributed by atoms with E-state index in [-0.39, 0.29) is 23.1 Å². The molecule has 1 amide bonds. The van der Waals surface area contributed by atoms with E-state index in [9.17, 15) is 18.0 Å². The normalized spacial score (nSPS) is 18.6. The topological polar surface area (TPSA) is 90.0 Å². The maximum Gasteiger partial charge on any atom is 0.342 e. The number of nitrogens with zero attached hydrogens (tertiary/aromatic N) is 1. The van der Waals surface area contributed by atoms with E-state index in [2.05, 4.69) is 0 Å². The zero-order valence-corrected chi connectivity index (χ0v) is 15.3. The second kappa shape index (κ2) is 8.33. The predicted octanol–water partition coefficient (Wildman–Crippen LogP) is 1.28. The highest BCUT2D eigenvalue weighted by Crippen LogP contribution is 2.20. The highest BCUT2D eigenvalue weighted by atomic mass is 32.2. The SMILES string of the molecule is CCOc1ccccc1C(=O)OCC(=O)N(CC)C1CCS(=O)(=O)C1. The molecule has 25 heavy (non-hydrogen) atoms. The highest BCUT2D eigenvalue weighted by Gasteiger charge is 2.34. The van der Waals surface area contributed by atoms with Gasteiger partial charge in [-0.2, -0.15) is 0 Å². The van der Waals surface area contributed by atoms with Gasteiger partial charge in [-0.3, -0.25) is 4.79 Å². The second-order valence-corrected chi connectivity index (χ2v) is 7.97. The van der Waals surface area contributed by atoms with Crippen molar-refractivity contribution in [1.82, 2.24) is 4.90 Å². The molecule has 0 aromatic heterocycles. The third kappa shape index (κ3) is 4.94. The van der Waals surface area contributed by atoms with Gasteiger partial charge < -0.3 is 14.4 Å². The van der Waals surface area contributed by atoms with E-state index in [0.717, 1.165) is 0 Å². The van der Waals surface area contributed by atoms with E-state index in [1.54, 1.807) is 38.1 Å². The van der Waals surface area contributed by atoms with Gasteiger partial charge in [-0.1, -0.05) is 12.1 Å². The number of amides is 1. The van der Waals surface area contributed by atoms with E-state index >= 15 is 0 Å². The largest absolute Gasteiger partial charge is 0.493 e. The molecule has 1 unspecified atom stereocenters. The van der Waals surface area contributed by atoms with Gasteiger partial charge in [-0.05, 0) is 32.4 Å². The zero-order chi connectivity index (χ0) is 18.4. The Morgan fingerprint density at radius 1 is 1.24 bits per heavy atom. The molecule has 7 nitrogen and oxygen atoms in total. The molecule has 0 aliphatic carbocycles. The molecular formula is C17H23NO6S. The lowest BCUT2D eigenvalue weighted by Gasteiger charge is -2.26. The lowest BCUT2D eigenvalue weighted by Crippen LogP contribution is -2.43. The van der Waals surface area contributed by atoms with Crippen LogP contribution in [0.4, 0.5) is 0 Å². The number of likely N-dealkylation sites (N-methyl/N-ethyl adjacent to an activating group) is 1. The van der Waals surface area contributed by atoms with Crippen molar-refractivity contribution in [3.8, 4) is 5.75 Å². The Kier molecular flexibility index (Phi) is 6.41. The van der Waals surface area contributed by atoms with Crippen LogP contribution < -0.4 is 4.74 Å². The van der Waals surface area contributed by atoms with Crippen molar-refractivity contribution in [1.29, 1.82) is 0 Å². The van der Waals surface area contributed by atoms with E-state index in [0.29, 0.717) is 25.3 Å². The van der Waals surface area contributed by atoms with Crippen LogP contribution in [0.15, 0.2) is 24.3 Å². The minimum Gasteiger partial charge on any atom is -0.493 e. The third-order valence-corrected chi connectivity index (χ3v) is 5.79. The first-order valence-corrected chi connectivity index (χ1v) is 10.1. The molecule has 0 radical (unpaired) electrons. The third-order valence-electron chi connectivity index (χ3n) is 4.04. The van der Waals surface area contributed by atoms with Gasteiger partial charge in [0.25, 0.3) is 5.91 Å². The van der Waals surface area contributed by atoms with Crippen molar-refractivity contribution in [2.45, 2.75) is 26.3 Å². The molecular weight excluding hydrogens is 346 g/mol. The van der Waals surface area contributed by atoms with Crippen LogP contribution in [-0.2, 0) is 19.4 Å². The smallest absolute Gasteiger partial charge is 0.342 e. The van der Waals surface area contributed by atoms with Crippen molar-refractivity contribution in [2.24, 2.45) is 0 Å². The number of carbonyl (C=O) groups is 2. The minimum absolute atomic E-state index is 0.0340. The van der Waals surface area contributed by atoms with Crippen LogP contribution in [0.5, 0.6) is 5.75 Å². The number of para-hydroxylation sites is 1. The van der Waals surface area contributed by atoms with Crippen molar-refractivity contribution >= 4 is 21.7 Å². The molecule has 138 valence electrons. The Bertz CT molecular complexity index is 730. The molecule has 0 spiro atoms. The fourth-order valence-corrected chi connectivity index (χ4v) is 4.59. The van der Waals surface area contributed by atoms with E-state index in [4.69, 9.17) is 9.47 Å². The summed E-state index contributed by atoms with van der Waals surface area (Å²) in [6.07, 6.45) is 0.420. The van der Waals surface area contributed by atoms with Gasteiger partial charge >= 0.3 is 5.97 Å². The average Bonchev–Trinajstić information content (AvgIpc) is 2.94. The first-order valence-electron chi connectivity index (χ1n) is 8.26. The second-order valence-electron chi connectivity index (χ2n) is 5.74. The van der Waals surface area contributed by atoms with Gasteiger partial charge in [0.1, 0.15) is 11.3 Å². The maximum absolute atomic E-state index is 12.3. The average molecular weight is 369 g/mol. The van der Waals surface area contributed by atoms with Crippen LogP contribution in [0.2, 0.25) is 0 Å². The molecule has 0 N–H and O–H groups in total. The fraction of sp³-hybridized carbons (Fsp3) is 0.529. The van der Waals surface area contributed by atoms with Crippen molar-refractivity contribution < 1.29 is 27.5 Å². The Hall–Kier alpha value is -2.09. The summed E-state index contributed by atoms with van der Waals surface area (Å²) in [5.41, 5.74) is 0.253. The Morgan fingerprint density at radius 3 is 2.56 bits per heavy atom. The number of ether oxygens (including phenoxy) is 2. The molecule has 1 fully saturated rings. The van der Waals surface area contributed by atoms with E-state index in [1.165, 1.54) is 4.90 Å². The summed E-state index contributed by atoms with van der Waals surface area (Å²) in [6.45, 7) is 3.92. The number of hydrogen-bond acceptors (Lipinski definition) is 6. The summed E-state index contributed by atoms with van der Waals surface area (Å²) in [5.74, 6) is -0.590. The molecule has 1 atom stereocenters. The number of rotatable bonds is 7. The van der Waals surface area contributed by atoms with Gasteiger partial charge in [0.15, 0.2) is 16.4 Å². The number of hydrogen-bond donors (Lipinski definition) is 0. The lowest BCUT2D eigenvalue weighted by molar-refractivity contribution is -0.136. The van der Waals surface area contributed by atoms with Crippen molar-refractivity contribution in [2.75, 3.05) is 31.3 Å². The number of esters is 1. The summed E-state index contributed by atoms with van der Waals surface area (Å²) in [5, 5.41) is 0. The molecule has 1 aliphatic heterocycles. The number of sulfone groups is 1. The summed E-state index contributed by atoms with van der Waals surface area (Å²) in [4.78, 5) is 26.0. The standard InChI is InChI=1S/C17H23NO6S/c1-3-18(13-9-10-25(21,22)12-13)16(19)11-24-17(20)14-7-5-6-8-15(14)23-4-2/h5-8,13H,3-4,9-12H2,1-2H3. The Labute approximate surface area is 147 Å². The first-order chi connectivity index (χ1) is 11.9. The molecule has 1 aromatic carbocycles. The van der Waals surface area contributed by atoms with Gasteiger partial charge in [0.05, 0.1) is 18.1 Å². The van der Waals surface area contributed by atoms with Crippen LogP contribution >= 0.6 is 0 Å². The molecule has 1 aliphatic rings. The molecule has 2 rings (SSSR count). The molecule has 1 heterocycles. The molecule has 0 bridgehead atoms. The predicted molar refractivity (Wildman–Crippen MR) is 92.3 cm³/mol. The Morgan fingerprint density at radius 2 is 1.96 bits per heavy atom. The molecule has 1 saturated heterocycles. The van der Waals surface area contributed by atoms with Crippen LogP contribution in [0.25, 0.3) is 0 Å². The highest BCUT2D eigenvalue weighted by molar-refractivity contribution is 7.91. The van der Waals surface area contributed by atoms with Crippen LogP contribution in [0.3, 0.4) is 0 Å². The fourth-order valence-electron chi connectivity index (χ4n) is 2.86. The summed E-state index contributed by atoms with van der Waals surface area (Å²) >= 11 is 0. The first kappa shape index (κ1) is 19.2. The summed E-state index contributed by atoms with van der Waals surface area (Å²) in [7, 11) is -3.09. The van der Waals surface area contributed by atoms with Gasteiger partial charge in [0.2, 0.25) is 0 Å². The minimum atomic E-state index is -3.09. The number of benzene rings is 1. The van der Waals surface area contributed by atoms with Gasteiger partial charge in [-0.15, -0.1) is 0 Å². The maximum atomic E-state index is 12.3. The summed E-state index contributed by atoms with van der Waals surface area (Å²) in [6, 6.07) is 6.30.